The van der Waals surface area contributed by atoms with Crippen LogP contribution < -0.4 is 10.6 Å². The number of nitrogens with one attached hydrogen (secondary N) is 2. The minimum Gasteiger partial charge on any atom is -0.351 e. The maximum absolute atomic E-state index is 13.5. The summed E-state index contributed by atoms with van der Waals surface area (Å²) in [6.07, 6.45) is 5.22. The van der Waals surface area contributed by atoms with Gasteiger partial charge in [-0.1, -0.05) is 24.6 Å². The van der Waals surface area contributed by atoms with Gasteiger partial charge in [-0.2, -0.15) is 0 Å². The van der Waals surface area contributed by atoms with Crippen molar-refractivity contribution in [2.75, 3.05) is 31.5 Å². The maximum Gasteiger partial charge on any atom is 0.251 e. The van der Waals surface area contributed by atoms with E-state index in [-0.39, 0.29) is 11.7 Å². The van der Waals surface area contributed by atoms with Gasteiger partial charge in [0.2, 0.25) is 0 Å². The summed E-state index contributed by atoms with van der Waals surface area (Å²) in [4.78, 5) is 23.4. The first-order valence-electron chi connectivity index (χ1n) is 10.6. The van der Waals surface area contributed by atoms with Crippen molar-refractivity contribution in [3.63, 3.8) is 0 Å². The third-order valence-electron chi connectivity index (χ3n) is 5.35. The minimum absolute atomic E-state index is 0.0937. The Morgan fingerprint density at radius 3 is 2.68 bits per heavy atom. The fourth-order valence-corrected chi connectivity index (χ4v) is 3.73. The lowest BCUT2D eigenvalue weighted by Gasteiger charge is -2.26. The van der Waals surface area contributed by atoms with E-state index >= 15 is 0 Å². The fraction of sp³-hybridized carbons (Fsp3) is 0.292. The van der Waals surface area contributed by atoms with E-state index in [1.807, 2.05) is 12.1 Å². The van der Waals surface area contributed by atoms with Crippen molar-refractivity contribution in [1.29, 1.82) is 0 Å². The van der Waals surface area contributed by atoms with Crippen molar-refractivity contribution in [2.45, 2.75) is 19.3 Å². The molecule has 1 saturated heterocycles. The van der Waals surface area contributed by atoms with Crippen LogP contribution >= 0.6 is 0 Å². The van der Waals surface area contributed by atoms with Gasteiger partial charge in [-0.3, -0.25) is 4.79 Å². The molecule has 0 aliphatic carbocycles. The number of likely N-dealkylation sites (tertiary alicyclic amines) is 1. The van der Waals surface area contributed by atoms with Gasteiger partial charge in [-0.25, -0.2) is 14.4 Å². The molecule has 7 heteroatoms. The van der Waals surface area contributed by atoms with E-state index in [9.17, 15) is 9.18 Å². The van der Waals surface area contributed by atoms with Gasteiger partial charge in [0.25, 0.3) is 5.91 Å². The number of piperidine rings is 1. The Kier molecular flexibility index (Phi) is 6.84. The van der Waals surface area contributed by atoms with E-state index in [1.165, 1.54) is 37.7 Å². The zero-order chi connectivity index (χ0) is 21.5. The smallest absolute Gasteiger partial charge is 0.251 e. The van der Waals surface area contributed by atoms with Crippen molar-refractivity contribution in [3.8, 4) is 11.3 Å². The van der Waals surface area contributed by atoms with E-state index < -0.39 is 0 Å². The number of carbonyl (C=O) groups is 1. The van der Waals surface area contributed by atoms with Crippen molar-refractivity contribution in [3.05, 3.63) is 72.3 Å². The quantitative estimate of drug-likeness (QED) is 0.599. The van der Waals surface area contributed by atoms with Crippen LogP contribution in [0.5, 0.6) is 0 Å². The average molecular weight is 420 g/mol. The number of carbonyl (C=O) groups excluding carboxylic acids is 1. The molecule has 1 aromatic heterocycles. The van der Waals surface area contributed by atoms with Gasteiger partial charge in [0.15, 0.2) is 0 Å². The van der Waals surface area contributed by atoms with Gasteiger partial charge >= 0.3 is 0 Å². The summed E-state index contributed by atoms with van der Waals surface area (Å²) in [5.74, 6) is 0.158. The molecule has 31 heavy (non-hydrogen) atoms. The molecule has 0 saturated carbocycles. The maximum atomic E-state index is 13.5. The summed E-state index contributed by atoms with van der Waals surface area (Å²) in [6, 6.07) is 15.3. The van der Waals surface area contributed by atoms with Crippen LogP contribution in [0, 0.1) is 5.82 Å². The number of amides is 1. The summed E-state index contributed by atoms with van der Waals surface area (Å²) in [6.45, 7) is 3.75. The zero-order valence-electron chi connectivity index (χ0n) is 17.4. The fourth-order valence-electron chi connectivity index (χ4n) is 3.73. The van der Waals surface area contributed by atoms with E-state index in [0.29, 0.717) is 29.2 Å². The molecule has 0 radical (unpaired) electrons. The van der Waals surface area contributed by atoms with Gasteiger partial charge in [0.1, 0.15) is 18.0 Å². The number of hydrogen-bond acceptors (Lipinski definition) is 5. The summed E-state index contributed by atoms with van der Waals surface area (Å²) < 4.78 is 13.5. The monoisotopic (exact) mass is 419 g/mol. The molecule has 6 nitrogen and oxygen atoms in total. The lowest BCUT2D eigenvalue weighted by molar-refractivity contribution is 0.0946. The summed E-state index contributed by atoms with van der Waals surface area (Å²) >= 11 is 0. The van der Waals surface area contributed by atoms with E-state index in [1.54, 1.807) is 30.3 Å². The standard InChI is InChI=1S/C24H26FN5O/c25-20-8-4-6-18(14-20)22-16-23(28-17-27-22)29-21-9-5-7-19(15-21)24(31)26-10-13-30-11-2-1-3-12-30/h4-9,14-17H,1-3,10-13H2,(H,26,31)(H,27,28,29). The second-order valence-corrected chi connectivity index (χ2v) is 7.66. The molecule has 0 unspecified atom stereocenters. The molecular weight excluding hydrogens is 393 g/mol. The Balaban J connectivity index is 1.38. The van der Waals surface area contributed by atoms with E-state index in [4.69, 9.17) is 0 Å². The van der Waals surface area contributed by atoms with Crippen LogP contribution in [-0.2, 0) is 0 Å². The molecule has 160 valence electrons. The SMILES string of the molecule is O=C(NCCN1CCCCC1)c1cccc(Nc2cc(-c3cccc(F)c3)ncn2)c1. The molecule has 1 aliphatic rings. The summed E-state index contributed by atoms with van der Waals surface area (Å²) in [5.41, 5.74) is 2.62. The number of halogens is 1. The predicted molar refractivity (Wildman–Crippen MR) is 120 cm³/mol. The molecular formula is C24H26FN5O. The first-order chi connectivity index (χ1) is 15.2. The third-order valence-corrected chi connectivity index (χ3v) is 5.35. The van der Waals surface area contributed by atoms with Crippen molar-refractivity contribution < 1.29 is 9.18 Å². The van der Waals surface area contributed by atoms with E-state index in [2.05, 4.69) is 25.5 Å². The van der Waals surface area contributed by atoms with Crippen molar-refractivity contribution in [1.82, 2.24) is 20.2 Å². The predicted octanol–water partition coefficient (Wildman–Crippen LogP) is 4.24. The second kappa shape index (κ2) is 10.1. The van der Waals surface area contributed by atoms with E-state index in [0.717, 1.165) is 25.3 Å². The molecule has 1 amide bonds. The van der Waals surface area contributed by atoms with Gasteiger partial charge in [-0.15, -0.1) is 0 Å². The number of hydrogen-bond donors (Lipinski definition) is 2. The van der Waals surface area contributed by atoms with Gasteiger partial charge in [0.05, 0.1) is 5.69 Å². The van der Waals surface area contributed by atoms with Crippen LogP contribution in [-0.4, -0.2) is 47.0 Å². The first-order valence-corrected chi connectivity index (χ1v) is 10.6. The van der Waals surface area contributed by atoms with Crippen LogP contribution in [0.25, 0.3) is 11.3 Å². The van der Waals surface area contributed by atoms with Crippen molar-refractivity contribution >= 4 is 17.4 Å². The lowest BCUT2D eigenvalue weighted by Crippen LogP contribution is -2.37. The first kappa shape index (κ1) is 20.9. The molecule has 2 N–H and O–H groups in total. The van der Waals surface area contributed by atoms with Gasteiger partial charge in [0, 0.05) is 36.0 Å². The highest BCUT2D eigenvalue weighted by molar-refractivity contribution is 5.95. The Hall–Kier alpha value is -3.32. The third kappa shape index (κ3) is 5.86. The van der Waals surface area contributed by atoms with Crippen LogP contribution in [0.3, 0.4) is 0 Å². The number of aromatic nitrogens is 2. The normalized spacial score (nSPS) is 14.2. The molecule has 0 spiro atoms. The number of nitrogens with zero attached hydrogens (tertiary/aromatic N) is 3. The topological polar surface area (TPSA) is 70.2 Å². The second-order valence-electron chi connectivity index (χ2n) is 7.66. The number of rotatable bonds is 7. The molecule has 0 bridgehead atoms. The minimum atomic E-state index is -0.315. The largest absolute Gasteiger partial charge is 0.351 e. The van der Waals surface area contributed by atoms with Crippen LogP contribution in [0.4, 0.5) is 15.9 Å². The lowest BCUT2D eigenvalue weighted by atomic mass is 10.1. The summed E-state index contributed by atoms with van der Waals surface area (Å²) in [7, 11) is 0. The van der Waals surface area contributed by atoms with Crippen LogP contribution in [0.1, 0.15) is 29.6 Å². The number of benzene rings is 2. The Bertz CT molecular complexity index is 1040. The number of anilines is 2. The van der Waals surface area contributed by atoms with Gasteiger partial charge < -0.3 is 15.5 Å². The average Bonchev–Trinajstić information content (AvgIpc) is 2.80. The zero-order valence-corrected chi connectivity index (χ0v) is 17.4. The molecule has 0 atom stereocenters. The summed E-state index contributed by atoms with van der Waals surface area (Å²) in [5, 5.41) is 6.20. The molecule has 1 fully saturated rings. The highest BCUT2D eigenvalue weighted by Gasteiger charge is 2.11. The Labute approximate surface area is 181 Å². The Morgan fingerprint density at radius 1 is 1.00 bits per heavy atom. The molecule has 2 aromatic carbocycles. The van der Waals surface area contributed by atoms with Crippen LogP contribution in [0.15, 0.2) is 60.9 Å². The molecule has 2 heterocycles. The molecule has 3 aromatic rings. The Morgan fingerprint density at radius 2 is 1.84 bits per heavy atom. The van der Waals surface area contributed by atoms with Gasteiger partial charge in [-0.05, 0) is 56.3 Å². The molecule has 1 aliphatic heterocycles. The van der Waals surface area contributed by atoms with Crippen molar-refractivity contribution in [2.24, 2.45) is 0 Å². The highest BCUT2D eigenvalue weighted by atomic mass is 19.1. The van der Waals surface area contributed by atoms with Crippen LogP contribution in [0.2, 0.25) is 0 Å². The molecule has 4 rings (SSSR count). The highest BCUT2D eigenvalue weighted by Crippen LogP contribution is 2.22.